The largest absolute Gasteiger partial charge is 0.388 e. The molecular weight excluding hydrogens is 280 g/mol. The summed E-state index contributed by atoms with van der Waals surface area (Å²) >= 11 is 0. The number of nitrogens with one attached hydrogen (secondary N) is 2. The van der Waals surface area contributed by atoms with Crippen molar-refractivity contribution < 1.29 is 14.6 Å². The molecule has 1 aliphatic heterocycles. The van der Waals surface area contributed by atoms with Gasteiger partial charge >= 0.3 is 0 Å². The minimum absolute atomic E-state index is 0.0794. The number of aliphatic hydroxyl groups excluding tert-OH is 1. The zero-order valence-corrected chi connectivity index (χ0v) is 13.3. The summed E-state index contributed by atoms with van der Waals surface area (Å²) in [6, 6.07) is 9.38. The zero-order valence-electron chi connectivity index (χ0n) is 13.3. The first-order valence-corrected chi connectivity index (χ1v) is 7.87. The Morgan fingerprint density at radius 2 is 2.00 bits per heavy atom. The van der Waals surface area contributed by atoms with Gasteiger partial charge < -0.3 is 20.5 Å². The fraction of sp³-hybridized carbons (Fsp3) is 0.588. The predicted molar refractivity (Wildman–Crippen MR) is 85.5 cm³/mol. The molecule has 1 amide bonds. The number of aliphatic hydroxyl groups is 1. The SMILES string of the molecule is COC1(C(=O)NC(C)CC(O)c2ccccc2)CCNCC1. The van der Waals surface area contributed by atoms with Gasteiger partial charge in [0.2, 0.25) is 0 Å². The molecule has 1 aromatic carbocycles. The van der Waals surface area contributed by atoms with E-state index in [2.05, 4.69) is 10.6 Å². The van der Waals surface area contributed by atoms with E-state index >= 15 is 0 Å². The number of ether oxygens (including phenoxy) is 1. The summed E-state index contributed by atoms with van der Waals surface area (Å²) in [4.78, 5) is 12.5. The first-order valence-electron chi connectivity index (χ1n) is 7.87. The number of benzene rings is 1. The second kappa shape index (κ2) is 7.72. The highest BCUT2D eigenvalue weighted by molar-refractivity contribution is 5.85. The van der Waals surface area contributed by atoms with Crippen molar-refractivity contribution in [1.82, 2.24) is 10.6 Å². The van der Waals surface area contributed by atoms with E-state index < -0.39 is 11.7 Å². The molecule has 5 heteroatoms. The Hall–Kier alpha value is -1.43. The maximum absolute atomic E-state index is 12.5. The molecule has 3 N–H and O–H groups in total. The molecule has 0 bridgehead atoms. The molecule has 2 unspecified atom stereocenters. The van der Waals surface area contributed by atoms with Gasteiger partial charge in [0.15, 0.2) is 0 Å². The van der Waals surface area contributed by atoms with Crippen LogP contribution in [0, 0.1) is 0 Å². The van der Waals surface area contributed by atoms with Crippen molar-refractivity contribution in [3.05, 3.63) is 35.9 Å². The Morgan fingerprint density at radius 3 is 2.59 bits per heavy atom. The monoisotopic (exact) mass is 306 g/mol. The summed E-state index contributed by atoms with van der Waals surface area (Å²) in [5.41, 5.74) is 0.129. The smallest absolute Gasteiger partial charge is 0.252 e. The minimum Gasteiger partial charge on any atom is -0.388 e. The third-order valence-corrected chi connectivity index (χ3v) is 4.35. The highest BCUT2D eigenvalue weighted by atomic mass is 16.5. The fourth-order valence-corrected chi connectivity index (χ4v) is 2.91. The predicted octanol–water partition coefficient (Wildman–Crippen LogP) is 1.38. The Kier molecular flexibility index (Phi) is 5.94. The first-order chi connectivity index (χ1) is 10.6. The summed E-state index contributed by atoms with van der Waals surface area (Å²) in [5.74, 6) is -0.0794. The molecule has 1 fully saturated rings. The number of amides is 1. The molecule has 122 valence electrons. The topological polar surface area (TPSA) is 70.6 Å². The van der Waals surface area contributed by atoms with Gasteiger partial charge in [0.1, 0.15) is 5.60 Å². The lowest BCUT2D eigenvalue weighted by molar-refractivity contribution is -0.147. The molecule has 0 spiro atoms. The third kappa shape index (κ3) is 4.06. The Balaban J connectivity index is 1.90. The molecule has 0 aromatic heterocycles. The number of hydrogen-bond acceptors (Lipinski definition) is 4. The zero-order chi connectivity index (χ0) is 16.0. The van der Waals surface area contributed by atoms with Crippen LogP contribution in [0.15, 0.2) is 30.3 Å². The van der Waals surface area contributed by atoms with E-state index in [9.17, 15) is 9.90 Å². The minimum atomic E-state index is -0.739. The summed E-state index contributed by atoms with van der Waals surface area (Å²) in [6.45, 7) is 3.47. The van der Waals surface area contributed by atoms with Gasteiger partial charge in [0.25, 0.3) is 5.91 Å². The van der Waals surface area contributed by atoms with Gasteiger partial charge in [-0.1, -0.05) is 30.3 Å². The van der Waals surface area contributed by atoms with E-state index in [0.717, 1.165) is 18.7 Å². The first kappa shape index (κ1) is 16.9. The molecule has 2 atom stereocenters. The average Bonchev–Trinajstić information content (AvgIpc) is 2.56. The van der Waals surface area contributed by atoms with Crippen LogP contribution in [0.5, 0.6) is 0 Å². The van der Waals surface area contributed by atoms with Crippen LogP contribution in [0.1, 0.15) is 37.9 Å². The van der Waals surface area contributed by atoms with Gasteiger partial charge in [-0.25, -0.2) is 0 Å². The van der Waals surface area contributed by atoms with Gasteiger partial charge in [0.05, 0.1) is 6.10 Å². The molecule has 5 nitrogen and oxygen atoms in total. The van der Waals surface area contributed by atoms with Crippen molar-refractivity contribution in [3.8, 4) is 0 Å². The maximum atomic E-state index is 12.5. The van der Waals surface area contributed by atoms with Crippen LogP contribution in [0.3, 0.4) is 0 Å². The molecule has 22 heavy (non-hydrogen) atoms. The van der Waals surface area contributed by atoms with Crippen LogP contribution in [0.4, 0.5) is 0 Å². The van der Waals surface area contributed by atoms with Crippen molar-refractivity contribution in [1.29, 1.82) is 0 Å². The van der Waals surface area contributed by atoms with Crippen molar-refractivity contribution in [2.45, 2.75) is 43.9 Å². The molecule has 1 saturated heterocycles. The van der Waals surface area contributed by atoms with E-state index in [-0.39, 0.29) is 11.9 Å². The maximum Gasteiger partial charge on any atom is 0.252 e. The molecule has 0 radical (unpaired) electrons. The number of carbonyl (C=O) groups is 1. The number of rotatable bonds is 6. The summed E-state index contributed by atoms with van der Waals surface area (Å²) in [7, 11) is 1.59. The lowest BCUT2D eigenvalue weighted by Gasteiger charge is -2.35. The molecule has 0 aliphatic carbocycles. The highest BCUT2D eigenvalue weighted by Gasteiger charge is 2.40. The fourth-order valence-electron chi connectivity index (χ4n) is 2.91. The van der Waals surface area contributed by atoms with E-state index in [1.165, 1.54) is 0 Å². The van der Waals surface area contributed by atoms with Gasteiger partial charge in [0, 0.05) is 13.2 Å². The molecular formula is C17H26N2O3. The summed E-state index contributed by atoms with van der Waals surface area (Å²) < 4.78 is 5.52. The van der Waals surface area contributed by atoms with E-state index in [1.54, 1.807) is 7.11 Å². The summed E-state index contributed by atoms with van der Waals surface area (Å²) in [6.07, 6.45) is 1.24. The van der Waals surface area contributed by atoms with Crippen LogP contribution in [0.2, 0.25) is 0 Å². The average molecular weight is 306 g/mol. The van der Waals surface area contributed by atoms with Crippen LogP contribution in [0.25, 0.3) is 0 Å². The van der Waals surface area contributed by atoms with E-state index in [1.807, 2.05) is 37.3 Å². The van der Waals surface area contributed by atoms with E-state index in [4.69, 9.17) is 4.74 Å². The van der Waals surface area contributed by atoms with Gasteiger partial charge in [-0.05, 0) is 44.8 Å². The van der Waals surface area contributed by atoms with E-state index in [0.29, 0.717) is 19.3 Å². The standard InChI is InChI=1S/C17H26N2O3/c1-13(12-15(20)14-6-4-3-5-7-14)19-16(21)17(22-2)8-10-18-11-9-17/h3-7,13,15,18,20H,8-12H2,1-2H3,(H,19,21). The molecule has 2 rings (SSSR count). The van der Waals surface area contributed by atoms with Crippen LogP contribution >= 0.6 is 0 Å². The quantitative estimate of drug-likeness (QED) is 0.743. The van der Waals surface area contributed by atoms with Gasteiger partial charge in [-0.2, -0.15) is 0 Å². The number of methoxy groups -OCH3 is 1. The van der Waals surface area contributed by atoms with Crippen LogP contribution in [-0.2, 0) is 9.53 Å². The Morgan fingerprint density at radius 1 is 1.36 bits per heavy atom. The lowest BCUT2D eigenvalue weighted by Crippen LogP contribution is -2.55. The molecule has 1 aliphatic rings. The summed E-state index contributed by atoms with van der Waals surface area (Å²) in [5, 5.41) is 16.5. The third-order valence-electron chi connectivity index (χ3n) is 4.35. The van der Waals surface area contributed by atoms with Crippen molar-refractivity contribution >= 4 is 5.91 Å². The number of hydrogen-bond donors (Lipinski definition) is 3. The lowest BCUT2D eigenvalue weighted by atomic mass is 9.90. The molecule has 1 aromatic rings. The van der Waals surface area contributed by atoms with Crippen LogP contribution in [-0.4, -0.2) is 42.9 Å². The Labute approximate surface area is 132 Å². The van der Waals surface area contributed by atoms with Crippen molar-refractivity contribution in [2.24, 2.45) is 0 Å². The second-order valence-corrected chi connectivity index (χ2v) is 5.99. The van der Waals surface area contributed by atoms with Crippen molar-refractivity contribution in [2.75, 3.05) is 20.2 Å². The normalized spacial score (nSPS) is 20.1. The number of piperidine rings is 1. The Bertz CT molecular complexity index is 472. The highest BCUT2D eigenvalue weighted by Crippen LogP contribution is 2.24. The second-order valence-electron chi connectivity index (χ2n) is 5.99. The number of carbonyl (C=O) groups excluding carboxylic acids is 1. The molecule has 0 saturated carbocycles. The van der Waals surface area contributed by atoms with Crippen molar-refractivity contribution in [3.63, 3.8) is 0 Å². The van der Waals surface area contributed by atoms with Crippen LogP contribution < -0.4 is 10.6 Å². The van der Waals surface area contributed by atoms with Gasteiger partial charge in [-0.15, -0.1) is 0 Å². The van der Waals surface area contributed by atoms with Gasteiger partial charge in [-0.3, -0.25) is 4.79 Å². The molecule has 1 heterocycles.